The number of halogens is 1. The van der Waals surface area contributed by atoms with Crippen molar-refractivity contribution in [2.45, 2.75) is 32.7 Å². The Bertz CT molecular complexity index is 404. The molecule has 17 heavy (non-hydrogen) atoms. The molecule has 1 atom stereocenters. The fourth-order valence-corrected chi connectivity index (χ4v) is 2.05. The van der Waals surface area contributed by atoms with E-state index in [1.54, 1.807) is 6.07 Å². The zero-order valence-electron chi connectivity index (χ0n) is 10.6. The molecule has 4 heteroatoms. The molecule has 0 aromatic heterocycles. The minimum Gasteiger partial charge on any atom is -0.384 e. The molecule has 0 bridgehead atoms. The smallest absolute Gasteiger partial charge is 0.124 e. The van der Waals surface area contributed by atoms with Crippen LogP contribution in [0, 0.1) is 5.41 Å². The van der Waals surface area contributed by atoms with Crippen LogP contribution in [0.2, 0.25) is 5.02 Å². The third-order valence-corrected chi connectivity index (χ3v) is 3.23. The van der Waals surface area contributed by atoms with Crippen molar-refractivity contribution in [3.63, 3.8) is 0 Å². The van der Waals surface area contributed by atoms with Crippen molar-refractivity contribution in [1.29, 1.82) is 5.41 Å². The van der Waals surface area contributed by atoms with Crippen molar-refractivity contribution in [3.05, 3.63) is 28.8 Å². The molecule has 0 heterocycles. The summed E-state index contributed by atoms with van der Waals surface area (Å²) in [6.07, 6.45) is 2.24. The molecule has 0 aliphatic rings. The molecule has 94 valence electrons. The molecule has 0 saturated heterocycles. The second-order valence-corrected chi connectivity index (χ2v) is 4.76. The second-order valence-electron chi connectivity index (χ2n) is 4.32. The molecule has 3 N–H and O–H groups in total. The van der Waals surface area contributed by atoms with E-state index in [1.165, 1.54) is 0 Å². The Balaban J connectivity index is 3.08. The molecule has 0 aliphatic carbocycles. The number of nitrogens with one attached hydrogen (secondary N) is 1. The monoisotopic (exact) mass is 253 g/mol. The first-order valence-corrected chi connectivity index (χ1v) is 6.22. The summed E-state index contributed by atoms with van der Waals surface area (Å²) in [5, 5.41) is 8.21. The van der Waals surface area contributed by atoms with Gasteiger partial charge in [0.05, 0.1) is 0 Å². The van der Waals surface area contributed by atoms with Gasteiger partial charge in [0.15, 0.2) is 0 Å². The summed E-state index contributed by atoms with van der Waals surface area (Å²) in [4.78, 5) is 2.15. The molecular formula is C13H20ClN3. The van der Waals surface area contributed by atoms with Crippen LogP contribution in [0.1, 0.15) is 32.3 Å². The zero-order valence-corrected chi connectivity index (χ0v) is 11.4. The van der Waals surface area contributed by atoms with E-state index in [4.69, 9.17) is 22.7 Å². The molecule has 0 aliphatic heterocycles. The van der Waals surface area contributed by atoms with Crippen LogP contribution in [0.4, 0.5) is 5.69 Å². The van der Waals surface area contributed by atoms with E-state index in [0.717, 1.165) is 18.5 Å². The van der Waals surface area contributed by atoms with Crippen LogP contribution in [0.5, 0.6) is 0 Å². The Morgan fingerprint density at radius 2 is 2.18 bits per heavy atom. The van der Waals surface area contributed by atoms with E-state index in [2.05, 4.69) is 18.7 Å². The number of hydrogen-bond acceptors (Lipinski definition) is 2. The summed E-state index contributed by atoms with van der Waals surface area (Å²) in [6.45, 7) is 4.33. The average molecular weight is 254 g/mol. The van der Waals surface area contributed by atoms with Gasteiger partial charge < -0.3 is 10.6 Å². The molecule has 0 saturated carbocycles. The Morgan fingerprint density at radius 1 is 1.53 bits per heavy atom. The van der Waals surface area contributed by atoms with Gasteiger partial charge in [-0.3, -0.25) is 5.41 Å². The van der Waals surface area contributed by atoms with Gasteiger partial charge in [-0.25, -0.2) is 0 Å². The van der Waals surface area contributed by atoms with Gasteiger partial charge in [-0.05, 0) is 31.5 Å². The fraction of sp³-hybridized carbons (Fsp3) is 0.462. The van der Waals surface area contributed by atoms with E-state index in [1.807, 2.05) is 19.2 Å². The highest BCUT2D eigenvalue weighted by Gasteiger charge is 2.14. The van der Waals surface area contributed by atoms with E-state index in [9.17, 15) is 0 Å². The summed E-state index contributed by atoms with van der Waals surface area (Å²) >= 11 is 5.94. The van der Waals surface area contributed by atoms with Crippen molar-refractivity contribution >= 4 is 23.1 Å². The van der Waals surface area contributed by atoms with Crippen LogP contribution in [0.15, 0.2) is 18.2 Å². The molecular weight excluding hydrogens is 234 g/mol. The lowest BCUT2D eigenvalue weighted by molar-refractivity contribution is 0.616. The number of rotatable bonds is 5. The third kappa shape index (κ3) is 3.37. The number of nitrogen functional groups attached to an aromatic ring is 1. The van der Waals surface area contributed by atoms with Crippen LogP contribution in [-0.2, 0) is 0 Å². The highest BCUT2D eigenvalue weighted by molar-refractivity contribution is 6.31. The van der Waals surface area contributed by atoms with Crippen molar-refractivity contribution in [3.8, 4) is 0 Å². The van der Waals surface area contributed by atoms with Gasteiger partial charge in [-0.15, -0.1) is 0 Å². The molecule has 0 fully saturated rings. The predicted molar refractivity (Wildman–Crippen MR) is 75.2 cm³/mol. The topological polar surface area (TPSA) is 53.1 Å². The number of nitrogens with two attached hydrogens (primary N) is 1. The summed E-state index contributed by atoms with van der Waals surface area (Å²) in [5.41, 5.74) is 7.25. The Hall–Kier alpha value is -1.22. The van der Waals surface area contributed by atoms with Crippen LogP contribution < -0.4 is 10.6 Å². The largest absolute Gasteiger partial charge is 0.384 e. The van der Waals surface area contributed by atoms with Gasteiger partial charge >= 0.3 is 0 Å². The Labute approximate surface area is 108 Å². The van der Waals surface area contributed by atoms with Crippen molar-refractivity contribution in [2.24, 2.45) is 5.73 Å². The molecule has 1 aromatic rings. The van der Waals surface area contributed by atoms with Gasteiger partial charge in [0.25, 0.3) is 0 Å². The van der Waals surface area contributed by atoms with Crippen LogP contribution in [0.3, 0.4) is 0 Å². The highest BCUT2D eigenvalue weighted by atomic mass is 35.5. The number of nitrogens with zero attached hydrogens (tertiary/aromatic N) is 1. The minimum absolute atomic E-state index is 0.0537. The van der Waals surface area contributed by atoms with Gasteiger partial charge in [0, 0.05) is 29.4 Å². The maximum atomic E-state index is 7.60. The van der Waals surface area contributed by atoms with E-state index < -0.39 is 0 Å². The number of benzene rings is 1. The average Bonchev–Trinajstić information content (AvgIpc) is 2.28. The summed E-state index contributed by atoms with van der Waals surface area (Å²) in [6, 6.07) is 5.91. The molecule has 3 nitrogen and oxygen atoms in total. The first kappa shape index (κ1) is 13.8. The maximum absolute atomic E-state index is 7.60. The predicted octanol–water partition coefficient (Wildman–Crippen LogP) is 3.25. The van der Waals surface area contributed by atoms with E-state index in [-0.39, 0.29) is 5.84 Å². The van der Waals surface area contributed by atoms with Gasteiger partial charge in [0.2, 0.25) is 0 Å². The number of amidine groups is 1. The van der Waals surface area contributed by atoms with Crippen molar-refractivity contribution in [2.75, 3.05) is 11.9 Å². The lowest BCUT2D eigenvalue weighted by Crippen LogP contribution is -2.30. The van der Waals surface area contributed by atoms with Gasteiger partial charge in [-0.1, -0.05) is 24.9 Å². The zero-order chi connectivity index (χ0) is 13.0. The third-order valence-electron chi connectivity index (χ3n) is 3.00. The molecule has 1 aromatic carbocycles. The minimum atomic E-state index is 0.0537. The first-order valence-electron chi connectivity index (χ1n) is 5.84. The summed E-state index contributed by atoms with van der Waals surface area (Å²) in [5.74, 6) is 0.0537. The van der Waals surface area contributed by atoms with Gasteiger partial charge in [-0.2, -0.15) is 0 Å². The molecule has 0 radical (unpaired) electrons. The molecule has 0 amide bonds. The Kier molecular flexibility index (Phi) is 4.82. The Morgan fingerprint density at radius 3 is 2.71 bits per heavy atom. The fourth-order valence-electron chi connectivity index (χ4n) is 1.88. The highest BCUT2D eigenvalue weighted by Crippen LogP contribution is 2.25. The second kappa shape index (κ2) is 5.92. The van der Waals surface area contributed by atoms with Gasteiger partial charge in [0.1, 0.15) is 5.84 Å². The van der Waals surface area contributed by atoms with Crippen LogP contribution in [-0.4, -0.2) is 18.9 Å². The SMILES string of the molecule is CCCC(C)N(C)c1ccc(Cl)cc1C(=N)N. The van der Waals surface area contributed by atoms with Crippen LogP contribution in [0.25, 0.3) is 0 Å². The number of anilines is 1. The first-order chi connectivity index (χ1) is 7.97. The lowest BCUT2D eigenvalue weighted by atomic mass is 10.1. The molecule has 1 rings (SSSR count). The van der Waals surface area contributed by atoms with Crippen molar-refractivity contribution in [1.82, 2.24) is 0 Å². The molecule has 0 spiro atoms. The van der Waals surface area contributed by atoms with Crippen molar-refractivity contribution < 1.29 is 0 Å². The van der Waals surface area contributed by atoms with E-state index in [0.29, 0.717) is 16.6 Å². The van der Waals surface area contributed by atoms with E-state index >= 15 is 0 Å². The maximum Gasteiger partial charge on any atom is 0.124 e. The summed E-state index contributed by atoms with van der Waals surface area (Å²) in [7, 11) is 2.02. The summed E-state index contributed by atoms with van der Waals surface area (Å²) < 4.78 is 0. The quantitative estimate of drug-likeness (QED) is 0.625. The normalized spacial score (nSPS) is 12.2. The van der Waals surface area contributed by atoms with Crippen LogP contribution >= 0.6 is 11.6 Å². The lowest BCUT2D eigenvalue weighted by Gasteiger charge is -2.28. The number of hydrogen-bond donors (Lipinski definition) is 2. The standard InChI is InChI=1S/C13H20ClN3/c1-4-5-9(2)17(3)12-7-6-10(14)8-11(12)13(15)16/h6-9H,4-5H2,1-3H3,(H3,15,16). The molecule has 1 unspecified atom stereocenters.